The molecule has 2 aromatic rings. The van der Waals surface area contributed by atoms with Crippen molar-refractivity contribution >= 4 is 32.7 Å². The minimum absolute atomic E-state index is 0.909. The van der Waals surface area contributed by atoms with Crippen LogP contribution in [0.25, 0.3) is 0 Å². The highest BCUT2D eigenvalue weighted by Gasteiger charge is 2.44. The molecule has 0 saturated heterocycles. The Kier molecular flexibility index (Phi) is 7.49. The van der Waals surface area contributed by atoms with Gasteiger partial charge in [0.2, 0.25) is 0 Å². The number of rotatable bonds is 3. The predicted molar refractivity (Wildman–Crippen MR) is 92.6 cm³/mol. The van der Waals surface area contributed by atoms with Crippen LogP contribution >= 0.6 is 22.6 Å². The summed E-state index contributed by atoms with van der Waals surface area (Å²) >= 11 is 2.32. The van der Waals surface area contributed by atoms with Crippen LogP contribution in [0.3, 0.4) is 0 Å². The molecular formula is C15H14F3IO4S. The molecular weight excluding hydrogens is 460 g/mol. The van der Waals surface area contributed by atoms with Gasteiger partial charge in [-0.25, -0.2) is 0 Å². The Labute approximate surface area is 151 Å². The van der Waals surface area contributed by atoms with Crippen molar-refractivity contribution in [2.45, 2.75) is 11.9 Å². The molecule has 0 aliphatic heterocycles. The van der Waals surface area contributed by atoms with Crippen LogP contribution in [0.15, 0.2) is 48.5 Å². The Hall–Kier alpha value is -1.33. The molecule has 0 radical (unpaired) electrons. The molecule has 2 aromatic carbocycles. The lowest BCUT2D eigenvalue weighted by molar-refractivity contribution is -0.0510. The summed E-state index contributed by atoms with van der Waals surface area (Å²) in [5.41, 5.74) is -2.89. The van der Waals surface area contributed by atoms with Crippen LogP contribution in [0, 0.1) is 3.57 Å². The largest absolute Gasteiger partial charge is 0.522 e. The Morgan fingerprint density at radius 1 is 1.00 bits per heavy atom. The number of methoxy groups -OCH3 is 1. The molecule has 0 spiro atoms. The van der Waals surface area contributed by atoms with Gasteiger partial charge in [-0.15, -0.1) is 0 Å². The first kappa shape index (κ1) is 20.7. The Morgan fingerprint density at radius 3 is 1.71 bits per heavy atom. The number of benzene rings is 2. The van der Waals surface area contributed by atoms with Crippen LogP contribution in [0.5, 0.6) is 5.75 Å². The molecule has 0 saturated carbocycles. The second-order valence-corrected chi connectivity index (χ2v) is 7.23. The molecule has 0 bridgehead atoms. The zero-order chi connectivity index (χ0) is 18.4. The first-order valence-electron chi connectivity index (χ1n) is 6.44. The fourth-order valence-corrected chi connectivity index (χ4v) is 1.94. The Morgan fingerprint density at radius 2 is 1.38 bits per heavy atom. The standard InChI is InChI=1S/C14H13IO.CHF3O3S/c1-16-14-8-4-12(5-9-14)10-11-2-6-13(15)7-3-11;2-1(3,4)8(5,6)7/h2-9H,10H2,1H3;(H,5,6,7). The maximum Gasteiger partial charge on any atom is 0.522 e. The van der Waals surface area contributed by atoms with Gasteiger partial charge in [0.25, 0.3) is 0 Å². The topological polar surface area (TPSA) is 63.6 Å². The Bertz CT molecular complexity index is 742. The molecule has 0 aromatic heterocycles. The minimum Gasteiger partial charge on any atom is -0.497 e. The quantitative estimate of drug-likeness (QED) is 0.410. The number of hydrogen-bond acceptors (Lipinski definition) is 3. The maximum atomic E-state index is 10.7. The van der Waals surface area contributed by atoms with E-state index in [9.17, 15) is 13.2 Å². The van der Waals surface area contributed by atoms with Crippen LogP contribution < -0.4 is 4.74 Å². The summed E-state index contributed by atoms with van der Waals surface area (Å²) in [6.07, 6.45) is 0.973. The van der Waals surface area contributed by atoms with E-state index in [2.05, 4.69) is 59.0 Å². The lowest BCUT2D eigenvalue weighted by Gasteiger charge is -2.04. The fourth-order valence-electron chi connectivity index (χ4n) is 1.58. The molecule has 0 amide bonds. The van der Waals surface area contributed by atoms with E-state index in [0.717, 1.165) is 12.2 Å². The van der Waals surface area contributed by atoms with E-state index in [-0.39, 0.29) is 0 Å². The molecule has 1 N–H and O–H groups in total. The van der Waals surface area contributed by atoms with Crippen LogP contribution in [-0.4, -0.2) is 25.6 Å². The third-order valence-corrected chi connectivity index (χ3v) is 4.08. The molecule has 0 atom stereocenters. The van der Waals surface area contributed by atoms with Gasteiger partial charge < -0.3 is 4.74 Å². The highest BCUT2D eigenvalue weighted by molar-refractivity contribution is 14.1. The number of ether oxygens (including phenoxy) is 1. The lowest BCUT2D eigenvalue weighted by atomic mass is 10.1. The second-order valence-electron chi connectivity index (χ2n) is 4.57. The summed E-state index contributed by atoms with van der Waals surface area (Å²) in [4.78, 5) is 0. The normalized spacial score (nSPS) is 11.4. The third-order valence-electron chi connectivity index (χ3n) is 2.77. The zero-order valence-electron chi connectivity index (χ0n) is 12.4. The maximum absolute atomic E-state index is 10.7. The van der Waals surface area contributed by atoms with Gasteiger partial charge in [-0.3, -0.25) is 4.55 Å². The van der Waals surface area contributed by atoms with Crippen molar-refractivity contribution in [2.24, 2.45) is 0 Å². The van der Waals surface area contributed by atoms with Gasteiger partial charge in [0.05, 0.1) is 7.11 Å². The summed E-state index contributed by atoms with van der Waals surface area (Å²) in [6, 6.07) is 16.8. The third kappa shape index (κ3) is 7.05. The summed E-state index contributed by atoms with van der Waals surface area (Å²) in [5, 5.41) is 0. The van der Waals surface area contributed by atoms with Crippen molar-refractivity contribution in [3.8, 4) is 5.75 Å². The lowest BCUT2D eigenvalue weighted by Crippen LogP contribution is -2.21. The van der Waals surface area contributed by atoms with Gasteiger partial charge in [-0.05, 0) is 64.4 Å². The molecule has 24 heavy (non-hydrogen) atoms. The average Bonchev–Trinajstić information content (AvgIpc) is 2.49. The fraction of sp³-hybridized carbons (Fsp3) is 0.200. The highest BCUT2D eigenvalue weighted by atomic mass is 127. The van der Waals surface area contributed by atoms with E-state index in [1.165, 1.54) is 14.7 Å². The molecule has 0 heterocycles. The molecule has 0 fully saturated rings. The van der Waals surface area contributed by atoms with E-state index in [1.54, 1.807) is 7.11 Å². The number of halogens is 4. The summed E-state index contributed by atoms with van der Waals surface area (Å²) in [7, 11) is -4.15. The van der Waals surface area contributed by atoms with E-state index >= 15 is 0 Å². The molecule has 0 aliphatic carbocycles. The molecule has 4 nitrogen and oxygen atoms in total. The van der Waals surface area contributed by atoms with Gasteiger partial charge in [-0.2, -0.15) is 21.6 Å². The first-order chi connectivity index (χ1) is 11.0. The number of alkyl halides is 3. The van der Waals surface area contributed by atoms with E-state index in [4.69, 9.17) is 17.7 Å². The zero-order valence-corrected chi connectivity index (χ0v) is 15.4. The number of hydrogen-bond donors (Lipinski definition) is 1. The van der Waals surface area contributed by atoms with E-state index in [0.29, 0.717) is 0 Å². The van der Waals surface area contributed by atoms with Crippen LogP contribution in [0.4, 0.5) is 13.2 Å². The Balaban J connectivity index is 0.000000307. The predicted octanol–water partition coefficient (Wildman–Crippen LogP) is 4.28. The summed E-state index contributed by atoms with van der Waals surface area (Å²) < 4.78 is 63.9. The van der Waals surface area contributed by atoms with Crippen molar-refractivity contribution in [2.75, 3.05) is 7.11 Å². The second kappa shape index (κ2) is 8.67. The minimum atomic E-state index is -5.84. The highest BCUT2D eigenvalue weighted by Crippen LogP contribution is 2.20. The van der Waals surface area contributed by atoms with Crippen molar-refractivity contribution in [1.29, 1.82) is 0 Å². The molecule has 132 valence electrons. The van der Waals surface area contributed by atoms with Crippen LogP contribution in [0.2, 0.25) is 0 Å². The van der Waals surface area contributed by atoms with Gasteiger partial charge >= 0.3 is 15.6 Å². The van der Waals surface area contributed by atoms with Gasteiger partial charge in [0.15, 0.2) is 0 Å². The van der Waals surface area contributed by atoms with Crippen molar-refractivity contribution in [3.63, 3.8) is 0 Å². The molecule has 9 heteroatoms. The first-order valence-corrected chi connectivity index (χ1v) is 8.96. The smallest absolute Gasteiger partial charge is 0.497 e. The van der Waals surface area contributed by atoms with Crippen molar-refractivity contribution in [1.82, 2.24) is 0 Å². The summed E-state index contributed by atoms with van der Waals surface area (Å²) in [6.45, 7) is 0. The van der Waals surface area contributed by atoms with Gasteiger partial charge in [0, 0.05) is 3.57 Å². The average molecular weight is 474 g/mol. The van der Waals surface area contributed by atoms with E-state index < -0.39 is 15.6 Å². The van der Waals surface area contributed by atoms with Crippen LogP contribution in [-0.2, 0) is 16.5 Å². The van der Waals surface area contributed by atoms with Crippen LogP contribution in [0.1, 0.15) is 11.1 Å². The monoisotopic (exact) mass is 474 g/mol. The SMILES string of the molecule is COc1ccc(Cc2ccc(I)cc2)cc1.O=S(=O)(O)C(F)(F)F. The van der Waals surface area contributed by atoms with Gasteiger partial charge in [-0.1, -0.05) is 24.3 Å². The van der Waals surface area contributed by atoms with E-state index in [1.807, 2.05) is 12.1 Å². The van der Waals surface area contributed by atoms with Crippen molar-refractivity contribution in [3.05, 3.63) is 63.2 Å². The van der Waals surface area contributed by atoms with Gasteiger partial charge in [0.1, 0.15) is 5.75 Å². The summed E-state index contributed by atoms with van der Waals surface area (Å²) in [5.74, 6) is 0.909. The molecule has 0 aliphatic rings. The molecule has 0 unspecified atom stereocenters. The molecule has 2 rings (SSSR count). The van der Waals surface area contributed by atoms with Crippen molar-refractivity contribution < 1.29 is 30.9 Å².